The fourth-order valence-corrected chi connectivity index (χ4v) is 3.25. The van der Waals surface area contributed by atoms with Crippen LogP contribution in [0, 0.1) is 5.92 Å². The quantitative estimate of drug-likeness (QED) is 0.667. The third-order valence-corrected chi connectivity index (χ3v) is 5.08. The van der Waals surface area contributed by atoms with Crippen LogP contribution in [-0.4, -0.2) is 37.8 Å². The first-order chi connectivity index (χ1) is 13.7. The first kappa shape index (κ1) is 20.8. The molecule has 0 aromatic heterocycles. The van der Waals surface area contributed by atoms with Crippen LogP contribution in [0.1, 0.15) is 37.0 Å². The topological polar surface area (TPSA) is 33.7 Å². The summed E-state index contributed by atoms with van der Waals surface area (Å²) in [6, 6.07) is 17.4. The number of nitrogens with one attached hydrogen (secondary N) is 1. The highest BCUT2D eigenvalue weighted by atomic mass is 16.5. The van der Waals surface area contributed by atoms with Crippen LogP contribution in [0.25, 0.3) is 0 Å². The molecule has 1 heterocycles. The van der Waals surface area contributed by atoms with Gasteiger partial charge < -0.3 is 14.8 Å². The molecule has 2 aromatic carbocycles. The molecule has 0 spiro atoms. The molecular weight excluding hydrogens is 348 g/mol. The van der Waals surface area contributed by atoms with E-state index in [2.05, 4.69) is 72.6 Å². The van der Waals surface area contributed by atoms with E-state index in [1.807, 2.05) is 0 Å². The maximum atomic E-state index is 5.78. The molecule has 28 heavy (non-hydrogen) atoms. The summed E-state index contributed by atoms with van der Waals surface area (Å²) in [6.07, 6.45) is 1.09. The Balaban J connectivity index is 1.37. The highest BCUT2D eigenvalue weighted by Gasteiger charge is 2.10. The first-order valence-corrected chi connectivity index (χ1v) is 10.5. The van der Waals surface area contributed by atoms with Crippen LogP contribution in [0.5, 0.6) is 5.75 Å². The Hall–Kier alpha value is -1.88. The van der Waals surface area contributed by atoms with Crippen molar-refractivity contribution in [1.29, 1.82) is 0 Å². The predicted molar refractivity (Wildman–Crippen MR) is 114 cm³/mol. The van der Waals surface area contributed by atoms with Crippen molar-refractivity contribution in [2.24, 2.45) is 5.92 Å². The molecule has 0 radical (unpaired) electrons. The van der Waals surface area contributed by atoms with Gasteiger partial charge in [0, 0.05) is 32.7 Å². The van der Waals surface area contributed by atoms with Gasteiger partial charge in [0.25, 0.3) is 0 Å². The van der Waals surface area contributed by atoms with Crippen molar-refractivity contribution in [3.63, 3.8) is 0 Å². The van der Waals surface area contributed by atoms with E-state index in [0.717, 1.165) is 64.7 Å². The van der Waals surface area contributed by atoms with E-state index in [0.29, 0.717) is 5.92 Å². The summed E-state index contributed by atoms with van der Waals surface area (Å²) in [4.78, 5) is 2.45. The van der Waals surface area contributed by atoms with Gasteiger partial charge in [0.15, 0.2) is 0 Å². The summed E-state index contributed by atoms with van der Waals surface area (Å²) in [5.74, 6) is 1.64. The standard InChI is InChI=1S/C24H34N2O2/c1-20(2)11-14-28-24-9-7-22(8-10-24)18-25-17-21-3-5-23(6-4-21)19-26-12-15-27-16-13-26/h3-10,20,25H,11-19H2,1-2H3. The van der Waals surface area contributed by atoms with Crippen molar-refractivity contribution < 1.29 is 9.47 Å². The van der Waals surface area contributed by atoms with Gasteiger partial charge >= 0.3 is 0 Å². The smallest absolute Gasteiger partial charge is 0.119 e. The first-order valence-electron chi connectivity index (χ1n) is 10.5. The number of nitrogens with zero attached hydrogens (tertiary/aromatic N) is 1. The van der Waals surface area contributed by atoms with E-state index in [1.165, 1.54) is 16.7 Å². The molecule has 2 aromatic rings. The van der Waals surface area contributed by atoms with Crippen LogP contribution in [0.4, 0.5) is 0 Å². The third-order valence-electron chi connectivity index (χ3n) is 5.08. The second-order valence-corrected chi connectivity index (χ2v) is 7.98. The molecule has 0 atom stereocenters. The fourth-order valence-electron chi connectivity index (χ4n) is 3.25. The van der Waals surface area contributed by atoms with Crippen LogP contribution in [-0.2, 0) is 24.4 Å². The van der Waals surface area contributed by atoms with E-state index in [1.54, 1.807) is 0 Å². The fraction of sp³-hybridized carbons (Fsp3) is 0.500. The van der Waals surface area contributed by atoms with E-state index >= 15 is 0 Å². The average molecular weight is 383 g/mol. The monoisotopic (exact) mass is 382 g/mol. The molecule has 0 amide bonds. The van der Waals surface area contributed by atoms with Gasteiger partial charge in [0.1, 0.15) is 5.75 Å². The molecule has 0 unspecified atom stereocenters. The van der Waals surface area contributed by atoms with Crippen molar-refractivity contribution in [2.45, 2.75) is 39.9 Å². The maximum Gasteiger partial charge on any atom is 0.119 e. The average Bonchev–Trinajstić information content (AvgIpc) is 2.71. The van der Waals surface area contributed by atoms with Gasteiger partial charge in [-0.3, -0.25) is 4.90 Å². The molecule has 3 rings (SSSR count). The summed E-state index contributed by atoms with van der Waals surface area (Å²) in [5, 5.41) is 3.53. The molecule has 152 valence electrons. The highest BCUT2D eigenvalue weighted by molar-refractivity contribution is 5.27. The largest absolute Gasteiger partial charge is 0.494 e. The molecule has 1 saturated heterocycles. The van der Waals surface area contributed by atoms with Crippen LogP contribution < -0.4 is 10.1 Å². The van der Waals surface area contributed by atoms with Crippen LogP contribution >= 0.6 is 0 Å². The minimum Gasteiger partial charge on any atom is -0.494 e. The molecule has 0 aliphatic carbocycles. The molecule has 1 N–H and O–H groups in total. The van der Waals surface area contributed by atoms with Gasteiger partial charge in [-0.1, -0.05) is 50.2 Å². The van der Waals surface area contributed by atoms with E-state index in [9.17, 15) is 0 Å². The highest BCUT2D eigenvalue weighted by Crippen LogP contribution is 2.14. The lowest BCUT2D eigenvalue weighted by Gasteiger charge is -2.26. The van der Waals surface area contributed by atoms with Crippen molar-refractivity contribution in [1.82, 2.24) is 10.2 Å². The number of benzene rings is 2. The van der Waals surface area contributed by atoms with Crippen LogP contribution in [0.3, 0.4) is 0 Å². The van der Waals surface area contributed by atoms with Gasteiger partial charge in [0.05, 0.1) is 19.8 Å². The molecule has 1 aliphatic rings. The normalized spacial score (nSPS) is 15.1. The van der Waals surface area contributed by atoms with Crippen molar-refractivity contribution in [3.8, 4) is 5.75 Å². The van der Waals surface area contributed by atoms with Crippen molar-refractivity contribution >= 4 is 0 Å². The molecule has 0 bridgehead atoms. The Kier molecular flexibility index (Phi) is 8.34. The van der Waals surface area contributed by atoms with Gasteiger partial charge in [-0.15, -0.1) is 0 Å². The molecule has 0 saturated carbocycles. The Bertz CT molecular complexity index is 677. The maximum absolute atomic E-state index is 5.78. The Morgan fingerprint density at radius 2 is 1.46 bits per heavy atom. The summed E-state index contributed by atoms with van der Waals surface area (Å²) < 4.78 is 11.2. The third kappa shape index (κ3) is 7.27. The second-order valence-electron chi connectivity index (χ2n) is 7.98. The molecule has 1 aliphatic heterocycles. The van der Waals surface area contributed by atoms with Crippen molar-refractivity contribution in [2.75, 3.05) is 32.9 Å². The lowest BCUT2D eigenvalue weighted by atomic mass is 10.1. The summed E-state index contributed by atoms with van der Waals surface area (Å²) in [6.45, 7) is 11.8. The predicted octanol–water partition coefficient (Wildman–Crippen LogP) is 4.23. The van der Waals surface area contributed by atoms with Gasteiger partial charge in [0.2, 0.25) is 0 Å². The lowest BCUT2D eigenvalue weighted by molar-refractivity contribution is 0.0342. The van der Waals surface area contributed by atoms with Crippen LogP contribution in [0.15, 0.2) is 48.5 Å². The number of morpholine rings is 1. The van der Waals surface area contributed by atoms with Gasteiger partial charge in [-0.25, -0.2) is 0 Å². The lowest BCUT2D eigenvalue weighted by Crippen LogP contribution is -2.35. The Labute approximate surface area is 169 Å². The zero-order chi connectivity index (χ0) is 19.6. The molecule has 4 nitrogen and oxygen atoms in total. The molecule has 1 fully saturated rings. The van der Waals surface area contributed by atoms with E-state index < -0.39 is 0 Å². The van der Waals surface area contributed by atoms with Crippen molar-refractivity contribution in [3.05, 3.63) is 65.2 Å². The number of hydrogen-bond donors (Lipinski definition) is 1. The molecular formula is C24H34N2O2. The summed E-state index contributed by atoms with van der Waals surface area (Å²) in [5.41, 5.74) is 3.97. The number of hydrogen-bond acceptors (Lipinski definition) is 4. The Morgan fingerprint density at radius 3 is 2.07 bits per heavy atom. The summed E-state index contributed by atoms with van der Waals surface area (Å²) >= 11 is 0. The summed E-state index contributed by atoms with van der Waals surface area (Å²) in [7, 11) is 0. The van der Waals surface area contributed by atoms with E-state index in [-0.39, 0.29) is 0 Å². The minimum absolute atomic E-state index is 0.678. The zero-order valence-corrected chi connectivity index (χ0v) is 17.3. The van der Waals surface area contributed by atoms with Gasteiger partial charge in [-0.05, 0) is 41.2 Å². The minimum atomic E-state index is 0.678. The number of rotatable bonds is 10. The van der Waals surface area contributed by atoms with E-state index in [4.69, 9.17) is 9.47 Å². The Morgan fingerprint density at radius 1 is 0.893 bits per heavy atom. The van der Waals surface area contributed by atoms with Crippen LogP contribution in [0.2, 0.25) is 0 Å². The zero-order valence-electron chi connectivity index (χ0n) is 17.3. The SMILES string of the molecule is CC(C)CCOc1ccc(CNCc2ccc(CN3CCOCC3)cc2)cc1. The van der Waals surface area contributed by atoms with Gasteiger partial charge in [-0.2, -0.15) is 0 Å². The number of ether oxygens (including phenoxy) is 2. The second kappa shape index (κ2) is 11.2. The molecule has 4 heteroatoms.